The predicted molar refractivity (Wildman–Crippen MR) is 97.7 cm³/mol. The van der Waals surface area contributed by atoms with Crippen molar-refractivity contribution in [2.45, 2.75) is 69.9 Å². The van der Waals surface area contributed by atoms with Crippen LogP contribution in [0.5, 0.6) is 0 Å². The molecule has 1 aromatic carbocycles. The smallest absolute Gasteiger partial charge is 0.0655 e. The fraction of sp³-hybridized carbons (Fsp3) is 0.700. The molecule has 1 aromatic rings. The number of benzene rings is 1. The van der Waals surface area contributed by atoms with Crippen LogP contribution >= 0.6 is 0 Å². The SMILES string of the molecule is CCCCCCCCc1ccc(C2CC(N)(COC)CN2)cc1. The fourth-order valence-electron chi connectivity index (χ4n) is 3.54. The molecule has 0 bridgehead atoms. The number of hydrogen-bond donors (Lipinski definition) is 2. The normalized spacial score (nSPS) is 24.2. The van der Waals surface area contributed by atoms with Gasteiger partial charge in [-0.15, -0.1) is 0 Å². The van der Waals surface area contributed by atoms with E-state index in [-0.39, 0.29) is 5.54 Å². The van der Waals surface area contributed by atoms with E-state index >= 15 is 0 Å². The molecule has 1 aliphatic rings. The van der Waals surface area contributed by atoms with Gasteiger partial charge in [-0.1, -0.05) is 63.3 Å². The van der Waals surface area contributed by atoms with E-state index < -0.39 is 0 Å². The number of nitrogens with one attached hydrogen (secondary N) is 1. The second-order valence-electron chi connectivity index (χ2n) is 7.19. The highest BCUT2D eigenvalue weighted by molar-refractivity contribution is 5.27. The van der Waals surface area contributed by atoms with E-state index in [4.69, 9.17) is 10.5 Å². The topological polar surface area (TPSA) is 47.3 Å². The minimum absolute atomic E-state index is 0.226. The number of unbranched alkanes of at least 4 members (excludes halogenated alkanes) is 5. The molecule has 0 spiro atoms. The quantitative estimate of drug-likeness (QED) is 0.642. The number of aryl methyl sites for hydroxylation is 1. The Morgan fingerprint density at radius 1 is 1.13 bits per heavy atom. The second kappa shape index (κ2) is 9.41. The lowest BCUT2D eigenvalue weighted by Gasteiger charge is -2.21. The Kier molecular flexibility index (Phi) is 7.54. The summed E-state index contributed by atoms with van der Waals surface area (Å²) in [7, 11) is 1.72. The minimum atomic E-state index is -0.226. The van der Waals surface area contributed by atoms with Crippen LogP contribution in [-0.4, -0.2) is 25.8 Å². The molecule has 1 fully saturated rings. The Morgan fingerprint density at radius 2 is 1.83 bits per heavy atom. The standard InChI is InChI=1S/C20H34N2O/c1-3-4-5-6-7-8-9-17-10-12-18(13-11-17)19-14-20(21,15-22-19)16-23-2/h10-13,19,22H,3-9,14-16,21H2,1-2H3. The zero-order valence-corrected chi connectivity index (χ0v) is 14.9. The van der Waals surface area contributed by atoms with Gasteiger partial charge in [0.15, 0.2) is 0 Å². The van der Waals surface area contributed by atoms with E-state index in [1.165, 1.54) is 56.1 Å². The zero-order chi connectivity index (χ0) is 16.5. The molecule has 3 nitrogen and oxygen atoms in total. The van der Waals surface area contributed by atoms with Gasteiger partial charge >= 0.3 is 0 Å². The van der Waals surface area contributed by atoms with Crippen molar-refractivity contribution < 1.29 is 4.74 Å². The maximum Gasteiger partial charge on any atom is 0.0655 e. The molecule has 1 aliphatic heterocycles. The molecule has 130 valence electrons. The van der Waals surface area contributed by atoms with Crippen LogP contribution in [0.15, 0.2) is 24.3 Å². The summed E-state index contributed by atoms with van der Waals surface area (Å²) in [5.74, 6) is 0. The molecular formula is C20H34N2O. The first-order valence-electron chi connectivity index (χ1n) is 9.27. The molecule has 0 aliphatic carbocycles. The molecule has 2 atom stereocenters. The lowest BCUT2D eigenvalue weighted by atomic mass is 9.94. The number of rotatable bonds is 10. The van der Waals surface area contributed by atoms with Crippen LogP contribution in [0.25, 0.3) is 0 Å². The number of nitrogens with two attached hydrogens (primary N) is 1. The van der Waals surface area contributed by atoms with Crippen LogP contribution in [0.1, 0.15) is 69.0 Å². The van der Waals surface area contributed by atoms with Crippen molar-refractivity contribution >= 4 is 0 Å². The highest BCUT2D eigenvalue weighted by atomic mass is 16.5. The van der Waals surface area contributed by atoms with Crippen LogP contribution < -0.4 is 11.1 Å². The minimum Gasteiger partial charge on any atom is -0.383 e. The van der Waals surface area contributed by atoms with Gasteiger partial charge in [0, 0.05) is 19.7 Å². The molecule has 1 heterocycles. The first-order valence-corrected chi connectivity index (χ1v) is 9.27. The summed E-state index contributed by atoms with van der Waals surface area (Å²) in [6.45, 7) is 3.71. The summed E-state index contributed by atoms with van der Waals surface area (Å²) in [5, 5.41) is 3.53. The van der Waals surface area contributed by atoms with Crippen LogP contribution in [-0.2, 0) is 11.2 Å². The molecule has 0 saturated carbocycles. The third-order valence-corrected chi connectivity index (χ3v) is 4.94. The fourth-order valence-corrected chi connectivity index (χ4v) is 3.54. The molecule has 1 saturated heterocycles. The molecule has 2 unspecified atom stereocenters. The molecule has 3 N–H and O–H groups in total. The van der Waals surface area contributed by atoms with E-state index in [0.29, 0.717) is 12.6 Å². The van der Waals surface area contributed by atoms with Gasteiger partial charge < -0.3 is 15.8 Å². The van der Waals surface area contributed by atoms with Crippen molar-refractivity contribution in [2.24, 2.45) is 5.73 Å². The number of hydrogen-bond acceptors (Lipinski definition) is 3. The predicted octanol–water partition coefficient (Wildman–Crippen LogP) is 3.97. The first kappa shape index (κ1) is 18.4. The second-order valence-corrected chi connectivity index (χ2v) is 7.19. The van der Waals surface area contributed by atoms with Crippen molar-refractivity contribution in [1.29, 1.82) is 0 Å². The third kappa shape index (κ3) is 5.91. The first-order chi connectivity index (χ1) is 11.2. The molecule has 3 heteroatoms. The number of methoxy groups -OCH3 is 1. The van der Waals surface area contributed by atoms with Crippen molar-refractivity contribution in [3.05, 3.63) is 35.4 Å². The highest BCUT2D eigenvalue weighted by Gasteiger charge is 2.35. The zero-order valence-electron chi connectivity index (χ0n) is 14.9. The molecular weight excluding hydrogens is 284 g/mol. The summed E-state index contributed by atoms with van der Waals surface area (Å²) in [5.41, 5.74) is 8.93. The Morgan fingerprint density at radius 3 is 2.52 bits per heavy atom. The molecule has 23 heavy (non-hydrogen) atoms. The van der Waals surface area contributed by atoms with Crippen LogP contribution in [0.2, 0.25) is 0 Å². The summed E-state index contributed by atoms with van der Waals surface area (Å²) in [6, 6.07) is 9.47. The van der Waals surface area contributed by atoms with Gasteiger partial charge in [-0.25, -0.2) is 0 Å². The number of ether oxygens (including phenoxy) is 1. The summed E-state index contributed by atoms with van der Waals surface area (Å²) in [6.07, 6.45) is 10.3. The van der Waals surface area contributed by atoms with Crippen LogP contribution in [0, 0.1) is 0 Å². The average molecular weight is 319 g/mol. The van der Waals surface area contributed by atoms with Gasteiger partial charge in [0.05, 0.1) is 12.1 Å². The van der Waals surface area contributed by atoms with Crippen LogP contribution in [0.4, 0.5) is 0 Å². The lowest BCUT2D eigenvalue weighted by molar-refractivity contribution is 0.140. The van der Waals surface area contributed by atoms with Crippen molar-refractivity contribution in [2.75, 3.05) is 20.3 Å². The molecule has 2 rings (SSSR count). The maximum atomic E-state index is 6.36. The Bertz CT molecular complexity index is 445. The van der Waals surface area contributed by atoms with E-state index in [1.54, 1.807) is 7.11 Å². The average Bonchev–Trinajstić information content (AvgIpc) is 2.94. The van der Waals surface area contributed by atoms with Crippen molar-refractivity contribution in [3.8, 4) is 0 Å². The molecule has 0 radical (unpaired) electrons. The molecule has 0 amide bonds. The van der Waals surface area contributed by atoms with E-state index in [0.717, 1.165) is 13.0 Å². The lowest BCUT2D eigenvalue weighted by Crippen LogP contribution is -2.46. The largest absolute Gasteiger partial charge is 0.383 e. The van der Waals surface area contributed by atoms with Gasteiger partial charge in [-0.2, -0.15) is 0 Å². The third-order valence-electron chi connectivity index (χ3n) is 4.94. The van der Waals surface area contributed by atoms with E-state index in [9.17, 15) is 0 Å². The van der Waals surface area contributed by atoms with Gasteiger partial charge in [0.2, 0.25) is 0 Å². The van der Waals surface area contributed by atoms with Gasteiger partial charge in [0.25, 0.3) is 0 Å². The van der Waals surface area contributed by atoms with Crippen molar-refractivity contribution in [1.82, 2.24) is 5.32 Å². The van der Waals surface area contributed by atoms with E-state index in [1.807, 2.05) is 0 Å². The van der Waals surface area contributed by atoms with E-state index in [2.05, 4.69) is 36.5 Å². The van der Waals surface area contributed by atoms with Gasteiger partial charge in [0.1, 0.15) is 0 Å². The highest BCUT2D eigenvalue weighted by Crippen LogP contribution is 2.29. The van der Waals surface area contributed by atoms with Gasteiger partial charge in [-0.3, -0.25) is 0 Å². The summed E-state index contributed by atoms with van der Waals surface area (Å²) in [4.78, 5) is 0. The summed E-state index contributed by atoms with van der Waals surface area (Å²) < 4.78 is 5.25. The Hall–Kier alpha value is -0.900. The Labute approximate surface area is 142 Å². The van der Waals surface area contributed by atoms with Crippen molar-refractivity contribution in [3.63, 3.8) is 0 Å². The van der Waals surface area contributed by atoms with Gasteiger partial charge in [-0.05, 0) is 30.4 Å². The van der Waals surface area contributed by atoms with Crippen LogP contribution in [0.3, 0.4) is 0 Å². The molecule has 0 aromatic heterocycles. The monoisotopic (exact) mass is 318 g/mol. The maximum absolute atomic E-state index is 6.36. The Balaban J connectivity index is 1.74. The summed E-state index contributed by atoms with van der Waals surface area (Å²) >= 11 is 0.